The maximum absolute atomic E-state index is 12.0. The number of nitrogens with one attached hydrogen (secondary N) is 1. The van der Waals surface area contributed by atoms with E-state index in [4.69, 9.17) is 4.42 Å². The Morgan fingerprint density at radius 1 is 1.23 bits per heavy atom. The van der Waals surface area contributed by atoms with Gasteiger partial charge >= 0.3 is 6.01 Å². The van der Waals surface area contributed by atoms with Gasteiger partial charge in [0.15, 0.2) is 0 Å². The van der Waals surface area contributed by atoms with Gasteiger partial charge in [-0.25, -0.2) is 0 Å². The van der Waals surface area contributed by atoms with E-state index in [9.17, 15) is 4.79 Å². The van der Waals surface area contributed by atoms with E-state index < -0.39 is 0 Å². The first kappa shape index (κ1) is 15.3. The van der Waals surface area contributed by atoms with E-state index in [1.165, 1.54) is 11.3 Å². The molecule has 0 atom stereocenters. The zero-order valence-corrected chi connectivity index (χ0v) is 14.6. The van der Waals surface area contributed by atoms with Crippen LogP contribution in [0.5, 0.6) is 0 Å². The van der Waals surface area contributed by atoms with E-state index >= 15 is 0 Å². The SMILES string of the molecule is CSc1ccc(-c2nnc(NC(=O)c3ccc(Br)s3)o2)cc1. The first-order valence-electron chi connectivity index (χ1n) is 6.20. The molecule has 22 heavy (non-hydrogen) atoms. The molecule has 5 nitrogen and oxygen atoms in total. The normalized spacial score (nSPS) is 10.6. The number of rotatable bonds is 4. The van der Waals surface area contributed by atoms with Crippen LogP contribution < -0.4 is 5.32 Å². The Morgan fingerprint density at radius 3 is 2.64 bits per heavy atom. The van der Waals surface area contributed by atoms with E-state index in [0.29, 0.717) is 10.8 Å². The molecule has 2 heterocycles. The van der Waals surface area contributed by atoms with Gasteiger partial charge in [0, 0.05) is 10.5 Å². The average Bonchev–Trinajstić information content (AvgIpc) is 3.16. The van der Waals surface area contributed by atoms with Crippen molar-refractivity contribution in [2.45, 2.75) is 4.90 Å². The predicted molar refractivity (Wildman–Crippen MR) is 91.5 cm³/mol. The van der Waals surface area contributed by atoms with Gasteiger partial charge < -0.3 is 4.42 Å². The molecule has 3 aromatic rings. The molecule has 1 N–H and O–H groups in total. The highest BCUT2D eigenvalue weighted by Gasteiger charge is 2.14. The van der Waals surface area contributed by atoms with Crippen molar-refractivity contribution in [1.82, 2.24) is 10.2 Å². The first-order valence-corrected chi connectivity index (χ1v) is 9.04. The number of hydrogen-bond acceptors (Lipinski definition) is 6. The van der Waals surface area contributed by atoms with Gasteiger partial charge in [-0.15, -0.1) is 28.2 Å². The number of hydrogen-bond donors (Lipinski definition) is 1. The Labute approximate surface area is 143 Å². The molecule has 0 bridgehead atoms. The fourth-order valence-corrected chi connectivity index (χ4v) is 3.41. The molecule has 0 aliphatic rings. The summed E-state index contributed by atoms with van der Waals surface area (Å²) in [5.41, 5.74) is 0.810. The predicted octanol–water partition coefficient (Wildman–Crippen LogP) is 4.53. The van der Waals surface area contributed by atoms with Crippen LogP contribution in [0.25, 0.3) is 11.5 Å². The van der Waals surface area contributed by atoms with Gasteiger partial charge in [0.05, 0.1) is 8.66 Å². The molecule has 8 heteroatoms. The van der Waals surface area contributed by atoms with E-state index in [1.54, 1.807) is 17.8 Å². The highest BCUT2D eigenvalue weighted by Crippen LogP contribution is 2.25. The lowest BCUT2D eigenvalue weighted by molar-refractivity contribution is 0.102. The van der Waals surface area contributed by atoms with Crippen molar-refractivity contribution >= 4 is 51.0 Å². The molecule has 1 aromatic carbocycles. The van der Waals surface area contributed by atoms with Crippen molar-refractivity contribution in [3.8, 4) is 11.5 Å². The third-order valence-corrected chi connectivity index (χ3v) is 5.15. The molecular formula is C14H10BrN3O2S2. The Kier molecular flexibility index (Phi) is 4.60. The Bertz CT molecular complexity index is 799. The second-order valence-electron chi connectivity index (χ2n) is 4.20. The van der Waals surface area contributed by atoms with Gasteiger partial charge in [-0.05, 0) is 58.6 Å². The quantitative estimate of drug-likeness (QED) is 0.656. The molecule has 0 aliphatic carbocycles. The maximum atomic E-state index is 12.0. The van der Waals surface area contributed by atoms with Gasteiger partial charge in [0.25, 0.3) is 5.91 Å². The van der Waals surface area contributed by atoms with Gasteiger partial charge in [-0.3, -0.25) is 10.1 Å². The van der Waals surface area contributed by atoms with Crippen LogP contribution in [0.3, 0.4) is 0 Å². The molecule has 0 saturated carbocycles. The first-order chi connectivity index (χ1) is 10.7. The Hall–Kier alpha value is -1.64. The smallest absolute Gasteiger partial charge is 0.322 e. The van der Waals surface area contributed by atoms with E-state index in [2.05, 4.69) is 31.4 Å². The number of carbonyl (C=O) groups excluding carboxylic acids is 1. The van der Waals surface area contributed by atoms with E-state index in [-0.39, 0.29) is 11.9 Å². The van der Waals surface area contributed by atoms with Crippen LogP contribution in [-0.4, -0.2) is 22.4 Å². The molecule has 0 unspecified atom stereocenters. The van der Waals surface area contributed by atoms with Gasteiger partial charge in [0.1, 0.15) is 0 Å². The van der Waals surface area contributed by atoms with Crippen LogP contribution in [0.1, 0.15) is 9.67 Å². The lowest BCUT2D eigenvalue weighted by Crippen LogP contribution is -2.10. The summed E-state index contributed by atoms with van der Waals surface area (Å²) in [5.74, 6) is 0.0962. The standard InChI is InChI=1S/C14H10BrN3O2S2/c1-21-9-4-2-8(3-5-9)13-17-18-14(20-13)16-12(19)10-6-7-11(15)22-10/h2-7H,1H3,(H,16,18,19). The van der Waals surface area contributed by atoms with Crippen molar-refractivity contribution in [3.63, 3.8) is 0 Å². The molecule has 0 saturated heterocycles. The van der Waals surface area contributed by atoms with Crippen molar-refractivity contribution in [2.24, 2.45) is 0 Å². The molecular weight excluding hydrogens is 386 g/mol. The zero-order valence-electron chi connectivity index (χ0n) is 11.4. The monoisotopic (exact) mass is 395 g/mol. The van der Waals surface area contributed by atoms with Crippen molar-refractivity contribution < 1.29 is 9.21 Å². The number of anilines is 1. The molecule has 2 aromatic heterocycles. The molecule has 3 rings (SSSR count). The van der Waals surface area contributed by atoms with Gasteiger partial charge in [0.2, 0.25) is 5.89 Å². The summed E-state index contributed by atoms with van der Waals surface area (Å²) in [6, 6.07) is 11.4. The topological polar surface area (TPSA) is 68.0 Å². The molecule has 0 spiro atoms. The number of benzene rings is 1. The molecule has 0 aliphatic heterocycles. The third kappa shape index (κ3) is 3.40. The summed E-state index contributed by atoms with van der Waals surface area (Å²) in [4.78, 5) is 13.7. The highest BCUT2D eigenvalue weighted by atomic mass is 79.9. The van der Waals surface area contributed by atoms with E-state index in [1.807, 2.05) is 36.6 Å². The molecule has 1 amide bonds. The van der Waals surface area contributed by atoms with Crippen LogP contribution in [-0.2, 0) is 0 Å². The number of nitrogens with zero attached hydrogens (tertiary/aromatic N) is 2. The molecule has 112 valence electrons. The molecule has 0 radical (unpaired) electrons. The summed E-state index contributed by atoms with van der Waals surface area (Å²) in [5, 5.41) is 10.4. The van der Waals surface area contributed by atoms with Crippen LogP contribution >= 0.6 is 39.0 Å². The fraction of sp³-hybridized carbons (Fsp3) is 0.0714. The van der Waals surface area contributed by atoms with E-state index in [0.717, 1.165) is 14.2 Å². The fourth-order valence-electron chi connectivity index (χ4n) is 1.72. The third-order valence-electron chi connectivity index (χ3n) is 2.78. The number of thioether (sulfide) groups is 1. The van der Waals surface area contributed by atoms with Crippen LogP contribution in [0.15, 0.2) is 49.5 Å². The van der Waals surface area contributed by atoms with Crippen molar-refractivity contribution in [2.75, 3.05) is 11.6 Å². The van der Waals surface area contributed by atoms with Crippen LogP contribution in [0.4, 0.5) is 6.01 Å². The summed E-state index contributed by atoms with van der Waals surface area (Å²) < 4.78 is 6.36. The number of amides is 1. The maximum Gasteiger partial charge on any atom is 0.322 e. The second-order valence-corrected chi connectivity index (χ2v) is 7.54. The highest BCUT2D eigenvalue weighted by molar-refractivity contribution is 9.11. The largest absolute Gasteiger partial charge is 0.403 e. The lowest BCUT2D eigenvalue weighted by atomic mass is 10.2. The second kappa shape index (κ2) is 6.64. The lowest BCUT2D eigenvalue weighted by Gasteiger charge is -1.98. The number of carbonyl (C=O) groups is 1. The minimum Gasteiger partial charge on any atom is -0.403 e. The number of aromatic nitrogens is 2. The summed E-state index contributed by atoms with van der Waals surface area (Å²) in [7, 11) is 0. The minimum absolute atomic E-state index is 0.0819. The summed E-state index contributed by atoms with van der Waals surface area (Å²) >= 11 is 6.31. The minimum atomic E-state index is -0.274. The summed E-state index contributed by atoms with van der Waals surface area (Å²) in [6.07, 6.45) is 2.01. The van der Waals surface area contributed by atoms with Gasteiger partial charge in [-0.2, -0.15) is 0 Å². The number of thiophene rings is 1. The van der Waals surface area contributed by atoms with Crippen LogP contribution in [0, 0.1) is 0 Å². The van der Waals surface area contributed by atoms with Gasteiger partial charge in [-0.1, -0.05) is 5.10 Å². The van der Waals surface area contributed by atoms with Crippen molar-refractivity contribution in [3.05, 3.63) is 45.1 Å². The Balaban J connectivity index is 1.74. The van der Waals surface area contributed by atoms with Crippen LogP contribution in [0.2, 0.25) is 0 Å². The average molecular weight is 396 g/mol. The Morgan fingerprint density at radius 2 is 2.00 bits per heavy atom. The van der Waals surface area contributed by atoms with Crippen molar-refractivity contribution in [1.29, 1.82) is 0 Å². The molecule has 0 fully saturated rings. The zero-order chi connectivity index (χ0) is 15.5. The number of halogens is 1. The summed E-state index contributed by atoms with van der Waals surface area (Å²) in [6.45, 7) is 0.